The third kappa shape index (κ3) is 3.43. The maximum atomic E-state index is 10.6. The molecule has 0 spiro atoms. The summed E-state index contributed by atoms with van der Waals surface area (Å²) in [5.74, 6) is 0. The minimum absolute atomic E-state index is 0.335. The lowest BCUT2D eigenvalue weighted by Crippen LogP contribution is -2.42. The molecule has 20 heavy (non-hydrogen) atoms. The van der Waals surface area contributed by atoms with Gasteiger partial charge in [0.25, 0.3) is 0 Å². The van der Waals surface area contributed by atoms with Crippen LogP contribution in [0.1, 0.15) is 45.1 Å². The van der Waals surface area contributed by atoms with Gasteiger partial charge in [-0.05, 0) is 49.3 Å². The number of benzene rings is 1. The van der Waals surface area contributed by atoms with Gasteiger partial charge in [0.15, 0.2) is 0 Å². The van der Waals surface area contributed by atoms with Gasteiger partial charge in [-0.3, -0.25) is 0 Å². The van der Waals surface area contributed by atoms with E-state index in [4.69, 9.17) is 11.0 Å². The summed E-state index contributed by atoms with van der Waals surface area (Å²) < 4.78 is 0. The largest absolute Gasteiger partial charge is 0.398 e. The van der Waals surface area contributed by atoms with Crippen LogP contribution in [0, 0.1) is 16.7 Å². The number of aliphatic hydroxyl groups is 1. The van der Waals surface area contributed by atoms with Gasteiger partial charge < -0.3 is 16.2 Å². The van der Waals surface area contributed by atoms with Gasteiger partial charge in [0.2, 0.25) is 0 Å². The third-order valence-corrected chi connectivity index (χ3v) is 4.33. The van der Waals surface area contributed by atoms with Crippen LogP contribution in [-0.2, 0) is 0 Å². The first kappa shape index (κ1) is 14.7. The van der Waals surface area contributed by atoms with E-state index in [0.29, 0.717) is 23.2 Å². The summed E-state index contributed by atoms with van der Waals surface area (Å²) in [4.78, 5) is 0. The van der Waals surface area contributed by atoms with E-state index in [1.165, 1.54) is 0 Å². The minimum atomic E-state index is -0.649. The summed E-state index contributed by atoms with van der Waals surface area (Å²) in [6, 6.07) is 7.35. The van der Waals surface area contributed by atoms with Crippen molar-refractivity contribution in [3.05, 3.63) is 23.8 Å². The van der Waals surface area contributed by atoms with Gasteiger partial charge >= 0.3 is 0 Å². The fraction of sp³-hybridized carbons (Fsp3) is 0.562. The monoisotopic (exact) mass is 273 g/mol. The summed E-state index contributed by atoms with van der Waals surface area (Å²) in [6.45, 7) is 5.01. The summed E-state index contributed by atoms with van der Waals surface area (Å²) in [5, 5.41) is 22.8. The number of nitriles is 1. The van der Waals surface area contributed by atoms with E-state index in [1.807, 2.05) is 6.07 Å². The molecule has 0 saturated heterocycles. The molecule has 0 radical (unpaired) electrons. The zero-order valence-electron chi connectivity index (χ0n) is 12.2. The molecule has 0 aromatic heterocycles. The highest BCUT2D eigenvalue weighted by molar-refractivity contribution is 5.61. The molecule has 1 aromatic carbocycles. The fourth-order valence-corrected chi connectivity index (χ4v) is 2.60. The maximum Gasteiger partial charge on any atom is 0.101 e. The molecule has 0 aliphatic heterocycles. The molecule has 4 heteroatoms. The van der Waals surface area contributed by atoms with E-state index in [1.54, 1.807) is 12.1 Å². The van der Waals surface area contributed by atoms with Crippen molar-refractivity contribution < 1.29 is 5.11 Å². The van der Waals surface area contributed by atoms with Crippen LogP contribution >= 0.6 is 0 Å². The molecule has 1 saturated carbocycles. The molecule has 0 bridgehead atoms. The summed E-state index contributed by atoms with van der Waals surface area (Å²) in [7, 11) is 0. The predicted octanol–water partition coefficient (Wildman–Crippen LogP) is 2.88. The van der Waals surface area contributed by atoms with Crippen molar-refractivity contribution in [2.75, 3.05) is 17.6 Å². The number of nitrogen functional groups attached to an aromatic ring is 1. The van der Waals surface area contributed by atoms with E-state index in [9.17, 15) is 5.11 Å². The van der Waals surface area contributed by atoms with Gasteiger partial charge in [0.1, 0.15) is 6.07 Å². The van der Waals surface area contributed by atoms with Crippen molar-refractivity contribution in [1.82, 2.24) is 0 Å². The van der Waals surface area contributed by atoms with Gasteiger partial charge in [0, 0.05) is 17.9 Å². The van der Waals surface area contributed by atoms with Crippen molar-refractivity contribution in [3.63, 3.8) is 0 Å². The Labute approximate surface area is 120 Å². The van der Waals surface area contributed by atoms with E-state index in [2.05, 4.69) is 25.2 Å². The van der Waals surface area contributed by atoms with Crippen LogP contribution < -0.4 is 11.1 Å². The van der Waals surface area contributed by atoms with E-state index in [-0.39, 0.29) is 0 Å². The molecule has 1 aromatic rings. The Hall–Kier alpha value is -1.73. The number of hydrogen-bond donors (Lipinski definition) is 3. The first-order chi connectivity index (χ1) is 9.34. The number of nitrogens with one attached hydrogen (secondary N) is 1. The third-order valence-electron chi connectivity index (χ3n) is 4.33. The normalized spacial score (nSPS) is 20.1. The van der Waals surface area contributed by atoms with Crippen molar-refractivity contribution in [2.45, 2.75) is 45.1 Å². The summed E-state index contributed by atoms with van der Waals surface area (Å²) >= 11 is 0. The molecular weight excluding hydrogens is 250 g/mol. The first-order valence-electron chi connectivity index (χ1n) is 7.10. The van der Waals surface area contributed by atoms with Gasteiger partial charge in [-0.15, -0.1) is 0 Å². The topological polar surface area (TPSA) is 82.1 Å². The van der Waals surface area contributed by atoms with Gasteiger partial charge in [-0.2, -0.15) is 5.26 Å². The number of nitrogens with two attached hydrogens (primary N) is 1. The number of anilines is 2. The molecule has 1 aliphatic rings. The highest BCUT2D eigenvalue weighted by atomic mass is 16.3. The lowest BCUT2D eigenvalue weighted by molar-refractivity contribution is -0.0145. The smallest absolute Gasteiger partial charge is 0.101 e. The second-order valence-electron chi connectivity index (χ2n) is 6.66. The molecule has 0 heterocycles. The van der Waals surface area contributed by atoms with E-state index < -0.39 is 5.60 Å². The highest BCUT2D eigenvalue weighted by Gasteiger charge is 2.36. The molecule has 108 valence electrons. The van der Waals surface area contributed by atoms with Crippen LogP contribution in [0.2, 0.25) is 0 Å². The Morgan fingerprint density at radius 1 is 1.30 bits per heavy atom. The van der Waals surface area contributed by atoms with Crippen LogP contribution in [0.4, 0.5) is 11.4 Å². The lowest BCUT2D eigenvalue weighted by atomic mass is 9.71. The van der Waals surface area contributed by atoms with Crippen molar-refractivity contribution in [2.24, 2.45) is 5.41 Å². The summed E-state index contributed by atoms with van der Waals surface area (Å²) in [5.41, 5.74) is 7.16. The predicted molar refractivity (Wildman–Crippen MR) is 81.3 cm³/mol. The Balaban J connectivity index is 1.97. The molecule has 2 rings (SSSR count). The Kier molecular flexibility index (Phi) is 3.92. The fourth-order valence-electron chi connectivity index (χ4n) is 2.60. The molecule has 4 N–H and O–H groups in total. The van der Waals surface area contributed by atoms with Crippen molar-refractivity contribution in [3.8, 4) is 6.07 Å². The minimum Gasteiger partial charge on any atom is -0.398 e. The zero-order valence-corrected chi connectivity index (χ0v) is 12.2. The molecule has 4 nitrogen and oxygen atoms in total. The van der Waals surface area contributed by atoms with Crippen molar-refractivity contribution >= 4 is 11.4 Å². The molecule has 1 aliphatic carbocycles. The number of hydrogen-bond acceptors (Lipinski definition) is 4. The van der Waals surface area contributed by atoms with Crippen LogP contribution in [0.15, 0.2) is 18.2 Å². The van der Waals surface area contributed by atoms with Crippen LogP contribution in [0.25, 0.3) is 0 Å². The summed E-state index contributed by atoms with van der Waals surface area (Å²) in [6.07, 6.45) is 3.70. The highest BCUT2D eigenvalue weighted by Crippen LogP contribution is 2.40. The molecule has 0 unspecified atom stereocenters. The number of nitrogens with zero attached hydrogens (tertiary/aromatic N) is 1. The number of rotatable bonds is 3. The SMILES string of the molecule is CC1(C)CCC(O)(CNc2ccc(N)c(C#N)c2)CC1. The van der Waals surface area contributed by atoms with Crippen LogP contribution in [0.5, 0.6) is 0 Å². The second-order valence-corrected chi connectivity index (χ2v) is 6.66. The van der Waals surface area contributed by atoms with Gasteiger partial charge in [0.05, 0.1) is 11.2 Å². The van der Waals surface area contributed by atoms with Crippen LogP contribution in [0.3, 0.4) is 0 Å². The quantitative estimate of drug-likeness (QED) is 0.740. The maximum absolute atomic E-state index is 10.6. The molecular formula is C16H23N3O. The lowest BCUT2D eigenvalue weighted by Gasteiger charge is -2.40. The first-order valence-corrected chi connectivity index (χ1v) is 7.10. The average molecular weight is 273 g/mol. The van der Waals surface area contributed by atoms with Crippen molar-refractivity contribution in [1.29, 1.82) is 5.26 Å². The standard InChI is InChI=1S/C16H23N3O/c1-15(2)5-7-16(20,8-6-15)11-19-13-3-4-14(18)12(9-13)10-17/h3-4,9,19-20H,5-8,11,18H2,1-2H3. The molecule has 0 amide bonds. The average Bonchev–Trinajstić information content (AvgIpc) is 2.42. The van der Waals surface area contributed by atoms with Crippen LogP contribution in [-0.4, -0.2) is 17.3 Å². The van der Waals surface area contributed by atoms with Gasteiger partial charge in [-0.1, -0.05) is 13.8 Å². The van der Waals surface area contributed by atoms with E-state index >= 15 is 0 Å². The Morgan fingerprint density at radius 2 is 1.95 bits per heavy atom. The second kappa shape index (κ2) is 5.34. The Bertz CT molecular complexity index is 521. The molecule has 1 fully saturated rings. The van der Waals surface area contributed by atoms with Gasteiger partial charge in [-0.25, -0.2) is 0 Å². The zero-order chi connectivity index (χ0) is 14.8. The van der Waals surface area contributed by atoms with E-state index in [0.717, 1.165) is 31.4 Å². The molecule has 0 atom stereocenters. The Morgan fingerprint density at radius 3 is 2.55 bits per heavy atom.